The molecule has 2 aromatic heterocycles. The molecule has 0 unspecified atom stereocenters. The normalized spacial score (nSPS) is 14.9. The average molecular weight is 347 g/mol. The number of hydrogen-bond donors (Lipinski definition) is 2. The van der Waals surface area contributed by atoms with Crippen molar-refractivity contribution in [2.24, 2.45) is 0 Å². The van der Waals surface area contributed by atoms with Crippen molar-refractivity contribution in [2.45, 2.75) is 58.5 Å². The van der Waals surface area contributed by atoms with Crippen LogP contribution in [0.2, 0.25) is 0 Å². The van der Waals surface area contributed by atoms with Gasteiger partial charge in [0.15, 0.2) is 0 Å². The first-order chi connectivity index (χ1) is 11.7. The number of carbonyl (C=O) groups excluding carboxylic acids is 1. The molecule has 24 heavy (non-hydrogen) atoms. The van der Waals surface area contributed by atoms with Gasteiger partial charge in [0.25, 0.3) is 0 Å². The van der Waals surface area contributed by atoms with Gasteiger partial charge in [0.05, 0.1) is 22.4 Å². The lowest BCUT2D eigenvalue weighted by atomic mass is 10.2. The number of amides is 2. The molecule has 3 rings (SSSR count). The largest absolute Gasteiger partial charge is 0.338 e. The van der Waals surface area contributed by atoms with E-state index >= 15 is 0 Å². The van der Waals surface area contributed by atoms with Crippen LogP contribution in [0.4, 0.5) is 4.79 Å². The third-order valence-corrected chi connectivity index (χ3v) is 5.30. The van der Waals surface area contributed by atoms with Gasteiger partial charge in [-0.15, -0.1) is 11.3 Å². The molecule has 1 aliphatic heterocycles. The standard InChI is InChI=1S/C17H25N5OS/c1-3-16-21-14(11-24-16)12(2)19-17(23)18-8-7-13-10-22-9-5-4-6-15(22)20-13/h10-12H,3-9H2,1-2H3,(H2,18,19,23)/t12-/m1/s1. The van der Waals surface area contributed by atoms with Crippen LogP contribution in [0.5, 0.6) is 0 Å². The number of rotatable bonds is 6. The van der Waals surface area contributed by atoms with Crippen molar-refractivity contribution in [3.8, 4) is 0 Å². The zero-order chi connectivity index (χ0) is 16.9. The summed E-state index contributed by atoms with van der Waals surface area (Å²) in [4.78, 5) is 21.2. The van der Waals surface area contributed by atoms with E-state index in [0.29, 0.717) is 6.54 Å². The van der Waals surface area contributed by atoms with E-state index in [1.807, 2.05) is 12.3 Å². The summed E-state index contributed by atoms with van der Waals surface area (Å²) >= 11 is 1.64. The predicted molar refractivity (Wildman–Crippen MR) is 95.3 cm³/mol. The van der Waals surface area contributed by atoms with Crippen LogP contribution < -0.4 is 10.6 Å². The van der Waals surface area contributed by atoms with E-state index in [1.165, 1.54) is 18.7 Å². The third-order valence-electron chi connectivity index (χ3n) is 4.29. The Bertz CT molecular complexity index is 669. The summed E-state index contributed by atoms with van der Waals surface area (Å²) in [6.45, 7) is 5.70. The second-order valence-corrected chi connectivity index (χ2v) is 7.13. The van der Waals surface area contributed by atoms with E-state index in [1.54, 1.807) is 11.3 Å². The molecule has 0 bridgehead atoms. The fraction of sp³-hybridized carbons (Fsp3) is 0.588. The number of nitrogens with one attached hydrogen (secondary N) is 2. The molecule has 130 valence electrons. The lowest BCUT2D eigenvalue weighted by Gasteiger charge is -2.12. The van der Waals surface area contributed by atoms with Crippen molar-refractivity contribution < 1.29 is 4.79 Å². The number of imidazole rings is 1. The van der Waals surface area contributed by atoms with Gasteiger partial charge in [0.1, 0.15) is 5.82 Å². The SMILES string of the molecule is CCc1nc([C@@H](C)NC(=O)NCCc2cn3c(n2)CCCC3)cs1. The Hall–Kier alpha value is -1.89. The smallest absolute Gasteiger partial charge is 0.315 e. The molecule has 1 aliphatic rings. The van der Waals surface area contributed by atoms with Crippen LogP contribution in [-0.2, 0) is 25.8 Å². The minimum Gasteiger partial charge on any atom is -0.338 e. The summed E-state index contributed by atoms with van der Waals surface area (Å²) < 4.78 is 2.24. The molecule has 0 spiro atoms. The molecule has 2 N–H and O–H groups in total. The first-order valence-corrected chi connectivity index (χ1v) is 9.57. The lowest BCUT2D eigenvalue weighted by molar-refractivity contribution is 0.238. The summed E-state index contributed by atoms with van der Waals surface area (Å²) in [5.41, 5.74) is 1.99. The quantitative estimate of drug-likeness (QED) is 0.844. The van der Waals surface area contributed by atoms with Crippen LogP contribution in [-0.4, -0.2) is 27.1 Å². The van der Waals surface area contributed by atoms with Gasteiger partial charge in [-0.2, -0.15) is 0 Å². The number of urea groups is 1. The molecule has 0 fully saturated rings. The summed E-state index contributed by atoms with van der Waals surface area (Å²) in [5, 5.41) is 8.96. The molecule has 0 aliphatic carbocycles. The van der Waals surface area contributed by atoms with E-state index in [2.05, 4.69) is 38.3 Å². The Morgan fingerprint density at radius 3 is 3.04 bits per heavy atom. The molecule has 0 aromatic carbocycles. The van der Waals surface area contributed by atoms with Gasteiger partial charge in [-0.3, -0.25) is 0 Å². The first-order valence-electron chi connectivity index (χ1n) is 8.69. The van der Waals surface area contributed by atoms with Crippen molar-refractivity contribution in [1.29, 1.82) is 0 Å². The molecular formula is C17H25N5OS. The maximum absolute atomic E-state index is 12.0. The summed E-state index contributed by atoms with van der Waals surface area (Å²) in [6, 6.07) is -0.237. The number of nitrogens with zero attached hydrogens (tertiary/aromatic N) is 3. The van der Waals surface area contributed by atoms with Crippen molar-refractivity contribution >= 4 is 17.4 Å². The zero-order valence-electron chi connectivity index (χ0n) is 14.3. The monoisotopic (exact) mass is 347 g/mol. The molecule has 0 saturated heterocycles. The fourth-order valence-electron chi connectivity index (χ4n) is 2.90. The van der Waals surface area contributed by atoms with Crippen LogP contribution in [0.25, 0.3) is 0 Å². The fourth-order valence-corrected chi connectivity index (χ4v) is 3.74. The molecule has 6 nitrogen and oxygen atoms in total. The number of fused-ring (bicyclic) bond motifs is 1. The molecule has 0 radical (unpaired) electrons. The van der Waals surface area contributed by atoms with E-state index in [9.17, 15) is 4.79 Å². The minimum absolute atomic E-state index is 0.0820. The van der Waals surface area contributed by atoms with Crippen LogP contribution >= 0.6 is 11.3 Å². The summed E-state index contributed by atoms with van der Waals surface area (Å²) in [7, 11) is 0. The second-order valence-electron chi connectivity index (χ2n) is 6.19. The molecule has 2 aromatic rings. The Morgan fingerprint density at radius 2 is 2.29 bits per heavy atom. The van der Waals surface area contributed by atoms with Crippen LogP contribution in [0.15, 0.2) is 11.6 Å². The molecule has 3 heterocycles. The van der Waals surface area contributed by atoms with E-state index in [-0.39, 0.29) is 12.1 Å². The number of carbonyl (C=O) groups is 1. The predicted octanol–water partition coefficient (Wildman–Crippen LogP) is 2.84. The summed E-state index contributed by atoms with van der Waals surface area (Å²) in [6.07, 6.45) is 7.34. The van der Waals surface area contributed by atoms with Crippen molar-refractivity contribution in [2.75, 3.05) is 6.54 Å². The van der Waals surface area contributed by atoms with Crippen molar-refractivity contribution in [1.82, 2.24) is 25.2 Å². The molecule has 7 heteroatoms. The molecule has 1 atom stereocenters. The minimum atomic E-state index is -0.155. The van der Waals surface area contributed by atoms with Gasteiger partial charge in [-0.25, -0.2) is 14.8 Å². The average Bonchev–Trinajstić information content (AvgIpc) is 3.21. The first kappa shape index (κ1) is 17.0. The zero-order valence-corrected chi connectivity index (χ0v) is 15.2. The van der Waals surface area contributed by atoms with Crippen LogP contribution in [0, 0.1) is 0 Å². The third kappa shape index (κ3) is 4.14. The van der Waals surface area contributed by atoms with Crippen LogP contribution in [0.1, 0.15) is 55.0 Å². The van der Waals surface area contributed by atoms with Gasteiger partial charge in [0, 0.05) is 37.5 Å². The Labute approximate surface area is 146 Å². The van der Waals surface area contributed by atoms with E-state index in [0.717, 1.165) is 42.2 Å². The van der Waals surface area contributed by atoms with Gasteiger partial charge >= 0.3 is 6.03 Å². The second kappa shape index (κ2) is 7.79. The number of thiazole rings is 1. The highest BCUT2D eigenvalue weighted by molar-refractivity contribution is 7.09. The van der Waals surface area contributed by atoms with Crippen LogP contribution in [0.3, 0.4) is 0 Å². The van der Waals surface area contributed by atoms with E-state index in [4.69, 9.17) is 0 Å². The maximum atomic E-state index is 12.0. The van der Waals surface area contributed by atoms with E-state index < -0.39 is 0 Å². The Kier molecular flexibility index (Phi) is 5.50. The number of aryl methyl sites for hydroxylation is 3. The molecular weight excluding hydrogens is 322 g/mol. The maximum Gasteiger partial charge on any atom is 0.315 e. The molecule has 2 amide bonds. The highest BCUT2D eigenvalue weighted by Crippen LogP contribution is 2.17. The Balaban J connectivity index is 1.43. The highest BCUT2D eigenvalue weighted by atomic mass is 32.1. The van der Waals surface area contributed by atoms with Crippen molar-refractivity contribution in [3.63, 3.8) is 0 Å². The topological polar surface area (TPSA) is 71.8 Å². The molecule has 0 saturated carbocycles. The lowest BCUT2D eigenvalue weighted by Crippen LogP contribution is -2.38. The number of hydrogen-bond acceptors (Lipinski definition) is 4. The summed E-state index contributed by atoms with van der Waals surface area (Å²) in [5.74, 6) is 1.18. The Morgan fingerprint density at radius 1 is 1.42 bits per heavy atom. The van der Waals surface area contributed by atoms with Gasteiger partial charge < -0.3 is 15.2 Å². The van der Waals surface area contributed by atoms with Gasteiger partial charge in [-0.05, 0) is 26.2 Å². The van der Waals surface area contributed by atoms with Crippen molar-refractivity contribution in [3.05, 3.63) is 33.8 Å². The van der Waals surface area contributed by atoms with Gasteiger partial charge in [-0.1, -0.05) is 6.92 Å². The van der Waals surface area contributed by atoms with Gasteiger partial charge in [0.2, 0.25) is 0 Å². The number of aromatic nitrogens is 3. The highest BCUT2D eigenvalue weighted by Gasteiger charge is 2.14.